The van der Waals surface area contributed by atoms with Crippen molar-refractivity contribution in [1.29, 1.82) is 0 Å². The van der Waals surface area contributed by atoms with E-state index in [0.29, 0.717) is 28.1 Å². The molecule has 0 spiro atoms. The van der Waals surface area contributed by atoms with Crippen LogP contribution in [0.5, 0.6) is 0 Å². The van der Waals surface area contributed by atoms with Gasteiger partial charge in [0.1, 0.15) is 0 Å². The van der Waals surface area contributed by atoms with Crippen LogP contribution in [0.25, 0.3) is 0 Å². The summed E-state index contributed by atoms with van der Waals surface area (Å²) >= 11 is 11.7. The Balaban J connectivity index is 2.72. The van der Waals surface area contributed by atoms with Crippen LogP contribution in [0.1, 0.15) is 5.56 Å². The molecule has 1 aromatic rings. The Morgan fingerprint density at radius 1 is 1.36 bits per heavy atom. The molecule has 2 nitrogen and oxygen atoms in total. The molecule has 0 aromatic heterocycles. The zero-order valence-corrected chi connectivity index (χ0v) is 9.83. The van der Waals surface area contributed by atoms with Crippen LogP contribution < -0.4 is 5.73 Å². The Morgan fingerprint density at radius 2 is 2.07 bits per heavy atom. The van der Waals surface area contributed by atoms with Crippen molar-refractivity contribution in [2.24, 2.45) is 5.73 Å². The van der Waals surface area contributed by atoms with Crippen molar-refractivity contribution >= 4 is 34.0 Å². The second-order valence-electron chi connectivity index (χ2n) is 2.81. The Kier molecular flexibility index (Phi) is 4.89. The minimum Gasteiger partial charge on any atom is -0.330 e. The number of hydrogen-bond donors (Lipinski definition) is 1. The second kappa shape index (κ2) is 5.71. The highest BCUT2D eigenvalue weighted by Gasteiger charge is 2.05. The fourth-order valence-electron chi connectivity index (χ4n) is 1.02. The lowest BCUT2D eigenvalue weighted by atomic mass is 10.2. The summed E-state index contributed by atoms with van der Waals surface area (Å²) in [5.74, 6) is 0.937. The molecule has 0 fully saturated rings. The Hall–Kier alpha value is -0.0900. The van der Waals surface area contributed by atoms with E-state index in [4.69, 9.17) is 28.9 Å². The summed E-state index contributed by atoms with van der Waals surface area (Å²) < 4.78 is 11.4. The van der Waals surface area contributed by atoms with Gasteiger partial charge in [0, 0.05) is 33.1 Å². The quantitative estimate of drug-likeness (QED) is 0.892. The van der Waals surface area contributed by atoms with Crippen molar-refractivity contribution < 1.29 is 4.21 Å². The summed E-state index contributed by atoms with van der Waals surface area (Å²) in [6.07, 6.45) is 0. The highest BCUT2D eigenvalue weighted by atomic mass is 35.5. The van der Waals surface area contributed by atoms with E-state index in [2.05, 4.69) is 0 Å². The van der Waals surface area contributed by atoms with Gasteiger partial charge in [0.2, 0.25) is 0 Å². The molecule has 5 heteroatoms. The van der Waals surface area contributed by atoms with Gasteiger partial charge in [-0.1, -0.05) is 29.3 Å². The van der Waals surface area contributed by atoms with Crippen molar-refractivity contribution in [2.75, 3.05) is 12.3 Å². The van der Waals surface area contributed by atoms with Crippen LogP contribution in [0.4, 0.5) is 0 Å². The van der Waals surface area contributed by atoms with E-state index >= 15 is 0 Å². The molecule has 78 valence electrons. The Morgan fingerprint density at radius 3 is 2.64 bits per heavy atom. The van der Waals surface area contributed by atoms with Gasteiger partial charge < -0.3 is 5.73 Å². The van der Waals surface area contributed by atoms with Gasteiger partial charge >= 0.3 is 0 Å². The normalized spacial score (nSPS) is 12.8. The minimum absolute atomic E-state index is 0.428. The van der Waals surface area contributed by atoms with Crippen LogP contribution in [0.15, 0.2) is 18.2 Å². The van der Waals surface area contributed by atoms with Gasteiger partial charge in [-0.3, -0.25) is 4.21 Å². The molecular formula is C9H11Cl2NOS. The van der Waals surface area contributed by atoms with E-state index in [-0.39, 0.29) is 0 Å². The van der Waals surface area contributed by atoms with Gasteiger partial charge in [0.25, 0.3) is 0 Å². The van der Waals surface area contributed by atoms with Gasteiger partial charge in [0.05, 0.1) is 5.75 Å². The largest absolute Gasteiger partial charge is 0.330 e. The smallest absolute Gasteiger partial charge is 0.0500 e. The van der Waals surface area contributed by atoms with E-state index in [1.165, 1.54) is 0 Å². The maximum atomic E-state index is 11.4. The lowest BCUT2D eigenvalue weighted by Gasteiger charge is -2.03. The molecule has 0 saturated carbocycles. The summed E-state index contributed by atoms with van der Waals surface area (Å²) in [6.45, 7) is 0.428. The summed E-state index contributed by atoms with van der Waals surface area (Å²) in [6, 6.07) is 5.18. The topological polar surface area (TPSA) is 43.1 Å². The minimum atomic E-state index is -0.940. The van der Waals surface area contributed by atoms with Crippen molar-refractivity contribution in [1.82, 2.24) is 0 Å². The molecule has 0 radical (unpaired) electrons. The van der Waals surface area contributed by atoms with Crippen molar-refractivity contribution in [3.63, 3.8) is 0 Å². The average Bonchev–Trinajstić information content (AvgIpc) is 2.10. The lowest BCUT2D eigenvalue weighted by Crippen LogP contribution is -2.11. The fourth-order valence-corrected chi connectivity index (χ4v) is 2.58. The zero-order valence-electron chi connectivity index (χ0n) is 7.50. The first-order valence-corrected chi connectivity index (χ1v) is 6.37. The summed E-state index contributed by atoms with van der Waals surface area (Å²) in [5, 5.41) is 1.14. The summed E-state index contributed by atoms with van der Waals surface area (Å²) in [4.78, 5) is 0. The van der Waals surface area contributed by atoms with Crippen LogP contribution in [-0.2, 0) is 16.6 Å². The van der Waals surface area contributed by atoms with Gasteiger partial charge in [-0.2, -0.15) is 0 Å². The zero-order chi connectivity index (χ0) is 10.6. The van der Waals surface area contributed by atoms with Gasteiger partial charge in [-0.25, -0.2) is 0 Å². The first kappa shape index (κ1) is 12.0. The standard InChI is InChI=1S/C9H11Cl2NOS/c10-8-2-1-7(9(11)5-8)6-14(13)4-3-12/h1-2,5H,3-4,6,12H2. The number of benzene rings is 1. The van der Waals surface area contributed by atoms with Crippen LogP contribution in [-0.4, -0.2) is 16.5 Å². The molecule has 0 aliphatic heterocycles. The lowest BCUT2D eigenvalue weighted by molar-refractivity contribution is 0.682. The molecule has 1 aromatic carbocycles. The number of nitrogens with two attached hydrogens (primary N) is 1. The van der Waals surface area contributed by atoms with Crippen LogP contribution in [0, 0.1) is 0 Å². The van der Waals surface area contributed by atoms with E-state index in [1.807, 2.05) is 0 Å². The molecule has 0 saturated heterocycles. The summed E-state index contributed by atoms with van der Waals surface area (Å²) in [7, 11) is -0.940. The van der Waals surface area contributed by atoms with E-state index < -0.39 is 10.8 Å². The molecule has 1 rings (SSSR count). The van der Waals surface area contributed by atoms with Crippen LogP contribution >= 0.6 is 23.2 Å². The van der Waals surface area contributed by atoms with Crippen LogP contribution in [0.3, 0.4) is 0 Å². The highest BCUT2D eigenvalue weighted by Crippen LogP contribution is 2.21. The first-order valence-electron chi connectivity index (χ1n) is 4.12. The molecule has 1 unspecified atom stereocenters. The predicted molar refractivity (Wildman–Crippen MR) is 62.2 cm³/mol. The molecule has 0 aliphatic carbocycles. The second-order valence-corrected chi connectivity index (χ2v) is 5.23. The van der Waals surface area contributed by atoms with Crippen molar-refractivity contribution in [3.8, 4) is 0 Å². The molecule has 0 amide bonds. The fraction of sp³-hybridized carbons (Fsp3) is 0.333. The van der Waals surface area contributed by atoms with E-state index in [9.17, 15) is 4.21 Å². The monoisotopic (exact) mass is 251 g/mol. The van der Waals surface area contributed by atoms with Crippen molar-refractivity contribution in [2.45, 2.75) is 5.75 Å². The van der Waals surface area contributed by atoms with Gasteiger partial charge in [0.15, 0.2) is 0 Å². The third-order valence-electron chi connectivity index (χ3n) is 1.68. The van der Waals surface area contributed by atoms with Gasteiger partial charge in [-0.05, 0) is 17.7 Å². The third kappa shape index (κ3) is 3.58. The molecule has 2 N–H and O–H groups in total. The molecule has 14 heavy (non-hydrogen) atoms. The maximum Gasteiger partial charge on any atom is 0.0500 e. The Bertz CT molecular complexity index is 344. The number of halogens is 2. The van der Waals surface area contributed by atoms with Crippen molar-refractivity contribution in [3.05, 3.63) is 33.8 Å². The molecule has 0 bridgehead atoms. The van der Waals surface area contributed by atoms with Crippen LogP contribution in [0.2, 0.25) is 10.0 Å². The van der Waals surface area contributed by atoms with E-state index in [1.54, 1.807) is 18.2 Å². The number of hydrogen-bond acceptors (Lipinski definition) is 2. The Labute approximate surface area is 95.8 Å². The predicted octanol–water partition coefficient (Wildman–Crippen LogP) is 2.20. The molecule has 1 atom stereocenters. The number of rotatable bonds is 4. The maximum absolute atomic E-state index is 11.4. The molecule has 0 aliphatic rings. The first-order chi connectivity index (χ1) is 6.63. The highest BCUT2D eigenvalue weighted by molar-refractivity contribution is 7.84. The third-order valence-corrected chi connectivity index (χ3v) is 3.59. The summed E-state index contributed by atoms with van der Waals surface area (Å²) in [5.41, 5.74) is 6.15. The molecular weight excluding hydrogens is 241 g/mol. The molecule has 0 heterocycles. The SMILES string of the molecule is NCCS(=O)Cc1ccc(Cl)cc1Cl. The van der Waals surface area contributed by atoms with Gasteiger partial charge in [-0.15, -0.1) is 0 Å². The van der Waals surface area contributed by atoms with E-state index in [0.717, 1.165) is 5.56 Å². The average molecular weight is 252 g/mol.